The van der Waals surface area contributed by atoms with Crippen LogP contribution in [0.3, 0.4) is 0 Å². The lowest BCUT2D eigenvalue weighted by atomic mass is 10.3. The molecule has 2 aromatic rings. The Balaban J connectivity index is 2.23. The molecule has 0 amide bonds. The van der Waals surface area contributed by atoms with Crippen LogP contribution in [0.25, 0.3) is 0 Å². The van der Waals surface area contributed by atoms with Gasteiger partial charge >= 0.3 is 0 Å². The van der Waals surface area contributed by atoms with Crippen molar-refractivity contribution in [2.75, 3.05) is 5.73 Å². The fourth-order valence-electron chi connectivity index (χ4n) is 1.47. The van der Waals surface area contributed by atoms with Crippen LogP contribution in [0.4, 0.5) is 11.4 Å². The highest BCUT2D eigenvalue weighted by molar-refractivity contribution is 7.89. The molecule has 0 saturated carbocycles. The van der Waals surface area contributed by atoms with Crippen LogP contribution in [0.2, 0.25) is 0 Å². The van der Waals surface area contributed by atoms with Crippen LogP contribution in [0.1, 0.15) is 5.69 Å². The van der Waals surface area contributed by atoms with Gasteiger partial charge in [0.2, 0.25) is 10.0 Å². The molecule has 1 aromatic carbocycles. The number of nitro groups is 1. The number of nitrogens with one attached hydrogen (secondary N) is 1. The summed E-state index contributed by atoms with van der Waals surface area (Å²) in [4.78, 5) is 9.67. The molecule has 0 atom stereocenters. The first-order valence-electron chi connectivity index (χ1n) is 5.33. The zero-order valence-electron chi connectivity index (χ0n) is 10.0. The van der Waals surface area contributed by atoms with Gasteiger partial charge in [-0.05, 0) is 6.07 Å². The van der Waals surface area contributed by atoms with Gasteiger partial charge in [0.25, 0.3) is 5.69 Å². The van der Waals surface area contributed by atoms with Crippen LogP contribution in [0, 0.1) is 10.1 Å². The molecule has 0 radical (unpaired) electrons. The Morgan fingerprint density at radius 1 is 1.40 bits per heavy atom. The molecule has 1 heterocycles. The number of rotatable bonds is 5. The summed E-state index contributed by atoms with van der Waals surface area (Å²) in [6.07, 6.45) is 1.31. The van der Waals surface area contributed by atoms with Crippen molar-refractivity contribution in [3.8, 4) is 0 Å². The first kappa shape index (κ1) is 14.0. The minimum absolute atomic E-state index is 0.0741. The van der Waals surface area contributed by atoms with Crippen molar-refractivity contribution in [1.82, 2.24) is 9.88 Å². The Labute approximate surface area is 113 Å². The van der Waals surface area contributed by atoms with Crippen LogP contribution < -0.4 is 10.5 Å². The van der Waals surface area contributed by atoms with Crippen LogP contribution in [0.15, 0.2) is 39.9 Å². The molecular formula is C10H10N4O5S. The molecule has 0 unspecified atom stereocenters. The Hall–Kier alpha value is -2.46. The van der Waals surface area contributed by atoms with Crippen molar-refractivity contribution in [3.63, 3.8) is 0 Å². The van der Waals surface area contributed by atoms with Crippen molar-refractivity contribution in [1.29, 1.82) is 0 Å². The van der Waals surface area contributed by atoms with Gasteiger partial charge in [-0.1, -0.05) is 5.16 Å². The monoisotopic (exact) mass is 298 g/mol. The summed E-state index contributed by atoms with van der Waals surface area (Å²) in [6, 6.07) is 4.64. The van der Waals surface area contributed by atoms with E-state index in [1.165, 1.54) is 12.3 Å². The summed E-state index contributed by atoms with van der Waals surface area (Å²) < 4.78 is 30.9. The number of aromatic nitrogens is 1. The minimum Gasteiger partial charge on any atom is -0.397 e. The van der Waals surface area contributed by atoms with E-state index in [0.717, 1.165) is 18.2 Å². The van der Waals surface area contributed by atoms with Gasteiger partial charge in [0.1, 0.15) is 11.2 Å². The van der Waals surface area contributed by atoms with Gasteiger partial charge in [-0.15, -0.1) is 0 Å². The molecule has 10 heteroatoms. The third-order valence-corrected chi connectivity index (χ3v) is 3.90. The number of nitrogens with two attached hydrogens (primary N) is 1. The lowest BCUT2D eigenvalue weighted by Crippen LogP contribution is -2.24. The number of nitrogen functional groups attached to an aromatic ring is 1. The van der Waals surface area contributed by atoms with Gasteiger partial charge in [0.05, 0.1) is 22.8 Å². The maximum Gasteiger partial charge on any atom is 0.271 e. The Kier molecular flexibility index (Phi) is 3.68. The molecule has 0 aliphatic heterocycles. The smallest absolute Gasteiger partial charge is 0.271 e. The highest BCUT2D eigenvalue weighted by Gasteiger charge is 2.20. The predicted octanol–water partition coefficient (Wildman–Crippen LogP) is 0.643. The van der Waals surface area contributed by atoms with Crippen LogP contribution in [-0.4, -0.2) is 18.5 Å². The fraction of sp³-hybridized carbons (Fsp3) is 0.100. The molecule has 0 bridgehead atoms. The molecule has 20 heavy (non-hydrogen) atoms. The van der Waals surface area contributed by atoms with E-state index in [1.54, 1.807) is 0 Å². The van der Waals surface area contributed by atoms with Crippen molar-refractivity contribution in [2.45, 2.75) is 11.4 Å². The van der Waals surface area contributed by atoms with Gasteiger partial charge in [-0.3, -0.25) is 10.1 Å². The first-order chi connectivity index (χ1) is 9.40. The van der Waals surface area contributed by atoms with Crippen molar-refractivity contribution in [2.24, 2.45) is 0 Å². The zero-order valence-corrected chi connectivity index (χ0v) is 10.8. The zero-order chi connectivity index (χ0) is 14.8. The molecule has 0 saturated heterocycles. The quantitative estimate of drug-likeness (QED) is 0.468. The van der Waals surface area contributed by atoms with Gasteiger partial charge in [-0.2, -0.15) is 0 Å². The normalized spacial score (nSPS) is 11.4. The maximum absolute atomic E-state index is 12.0. The van der Waals surface area contributed by atoms with E-state index in [0.29, 0.717) is 5.69 Å². The van der Waals surface area contributed by atoms with Crippen molar-refractivity contribution < 1.29 is 17.9 Å². The molecule has 0 fully saturated rings. The molecule has 9 nitrogen and oxygen atoms in total. The second kappa shape index (κ2) is 5.27. The molecule has 0 spiro atoms. The third kappa shape index (κ3) is 2.92. The van der Waals surface area contributed by atoms with E-state index in [2.05, 4.69) is 14.4 Å². The second-order valence-corrected chi connectivity index (χ2v) is 5.53. The van der Waals surface area contributed by atoms with E-state index in [9.17, 15) is 18.5 Å². The summed E-state index contributed by atoms with van der Waals surface area (Å²) in [5.74, 6) is 0. The number of hydrogen-bond donors (Lipinski definition) is 2. The highest BCUT2D eigenvalue weighted by atomic mass is 32.2. The SMILES string of the molecule is Nc1cc([N+](=O)[O-])ccc1S(=O)(=O)NCc1ccon1. The Morgan fingerprint density at radius 2 is 2.15 bits per heavy atom. The predicted molar refractivity (Wildman–Crippen MR) is 68.0 cm³/mol. The topological polar surface area (TPSA) is 141 Å². The number of nitrogens with zero attached hydrogens (tertiary/aromatic N) is 2. The van der Waals surface area contributed by atoms with Gasteiger partial charge in [0, 0.05) is 18.2 Å². The molecule has 3 N–H and O–H groups in total. The van der Waals surface area contributed by atoms with Gasteiger partial charge in [-0.25, -0.2) is 13.1 Å². The van der Waals surface area contributed by atoms with Crippen LogP contribution >= 0.6 is 0 Å². The van der Waals surface area contributed by atoms with E-state index in [-0.39, 0.29) is 22.8 Å². The molecule has 106 valence electrons. The van der Waals surface area contributed by atoms with Gasteiger partial charge < -0.3 is 10.3 Å². The largest absolute Gasteiger partial charge is 0.397 e. The summed E-state index contributed by atoms with van der Waals surface area (Å²) in [5, 5.41) is 14.1. The number of benzene rings is 1. The third-order valence-electron chi connectivity index (χ3n) is 2.43. The summed E-state index contributed by atoms with van der Waals surface area (Å²) in [5.41, 5.74) is 5.45. The fourth-order valence-corrected chi connectivity index (χ4v) is 2.58. The average Bonchev–Trinajstić information content (AvgIpc) is 2.89. The molecular weight excluding hydrogens is 288 g/mol. The van der Waals surface area contributed by atoms with Crippen molar-refractivity contribution in [3.05, 3.63) is 46.3 Å². The van der Waals surface area contributed by atoms with E-state index in [1.807, 2.05) is 0 Å². The number of non-ortho nitro benzene ring substituents is 1. The Bertz CT molecular complexity index is 726. The van der Waals surface area contributed by atoms with Crippen molar-refractivity contribution >= 4 is 21.4 Å². The maximum atomic E-state index is 12.0. The second-order valence-electron chi connectivity index (χ2n) is 3.79. The van der Waals surface area contributed by atoms with Crippen LogP contribution in [0.5, 0.6) is 0 Å². The van der Waals surface area contributed by atoms with E-state index >= 15 is 0 Å². The van der Waals surface area contributed by atoms with E-state index < -0.39 is 14.9 Å². The standard InChI is InChI=1S/C10H10N4O5S/c11-9-5-8(14(15)16)1-2-10(9)20(17,18)12-6-7-3-4-19-13-7/h1-5,12H,6,11H2. The summed E-state index contributed by atoms with van der Waals surface area (Å²) >= 11 is 0. The lowest BCUT2D eigenvalue weighted by molar-refractivity contribution is -0.384. The number of hydrogen-bond acceptors (Lipinski definition) is 7. The average molecular weight is 298 g/mol. The minimum atomic E-state index is -3.89. The van der Waals surface area contributed by atoms with Gasteiger partial charge in [0.15, 0.2) is 0 Å². The summed E-state index contributed by atoms with van der Waals surface area (Å²) in [6.45, 7) is -0.0741. The van der Waals surface area contributed by atoms with E-state index in [4.69, 9.17) is 5.73 Å². The number of anilines is 1. The molecule has 0 aliphatic carbocycles. The van der Waals surface area contributed by atoms with Crippen LogP contribution in [-0.2, 0) is 16.6 Å². The number of sulfonamides is 1. The first-order valence-corrected chi connectivity index (χ1v) is 6.81. The highest BCUT2D eigenvalue weighted by Crippen LogP contribution is 2.23. The molecule has 2 rings (SSSR count). The Morgan fingerprint density at radius 3 is 2.70 bits per heavy atom. The lowest BCUT2D eigenvalue weighted by Gasteiger charge is -2.07. The molecule has 1 aromatic heterocycles. The number of nitro benzene ring substituents is 1. The molecule has 0 aliphatic rings. The summed E-state index contributed by atoms with van der Waals surface area (Å²) in [7, 11) is -3.89.